The van der Waals surface area contributed by atoms with Crippen molar-refractivity contribution in [3.8, 4) is 5.75 Å². The second kappa shape index (κ2) is 6.43. The molecule has 0 aliphatic carbocycles. The van der Waals surface area contributed by atoms with Gasteiger partial charge in [-0.2, -0.15) is 0 Å². The molecule has 0 radical (unpaired) electrons. The lowest BCUT2D eigenvalue weighted by atomic mass is 10.1. The first-order valence-corrected chi connectivity index (χ1v) is 8.67. The van der Waals surface area contributed by atoms with Crippen molar-refractivity contribution < 1.29 is 22.3 Å². The van der Waals surface area contributed by atoms with Crippen molar-refractivity contribution in [1.29, 1.82) is 0 Å². The molecule has 1 aliphatic heterocycles. The highest BCUT2D eigenvalue weighted by Crippen LogP contribution is 2.18. The van der Waals surface area contributed by atoms with Gasteiger partial charge in [0.2, 0.25) is 0 Å². The zero-order chi connectivity index (χ0) is 15.5. The standard InChI is InChI=1S/C14H18FNO4S/c1-21(18,19)11-6-8-16(9-7-11)14(17)10-20-13-5-3-2-4-12(13)15/h2-5,11H,6-10H2,1H3. The van der Waals surface area contributed by atoms with Crippen molar-refractivity contribution in [3.05, 3.63) is 30.1 Å². The second-order valence-electron chi connectivity index (χ2n) is 5.13. The molecule has 5 nitrogen and oxygen atoms in total. The highest BCUT2D eigenvalue weighted by atomic mass is 32.2. The summed E-state index contributed by atoms with van der Waals surface area (Å²) in [5, 5.41) is -0.381. The first-order valence-electron chi connectivity index (χ1n) is 6.72. The van der Waals surface area contributed by atoms with Crippen LogP contribution in [0.3, 0.4) is 0 Å². The number of ether oxygens (including phenoxy) is 1. The molecule has 0 unspecified atom stereocenters. The largest absolute Gasteiger partial charge is 0.481 e. The zero-order valence-corrected chi connectivity index (χ0v) is 12.6. The van der Waals surface area contributed by atoms with Crippen LogP contribution in [-0.2, 0) is 14.6 Å². The molecule has 0 spiro atoms. The Morgan fingerprint density at radius 2 is 1.95 bits per heavy atom. The summed E-state index contributed by atoms with van der Waals surface area (Å²) in [6.45, 7) is 0.527. The molecule has 0 aromatic heterocycles. The summed E-state index contributed by atoms with van der Waals surface area (Å²) in [5.41, 5.74) is 0. The fourth-order valence-electron chi connectivity index (χ4n) is 2.33. The van der Waals surface area contributed by atoms with Crippen molar-refractivity contribution >= 4 is 15.7 Å². The van der Waals surface area contributed by atoms with Crippen LogP contribution >= 0.6 is 0 Å². The predicted octanol–water partition coefficient (Wildman–Crippen LogP) is 1.24. The van der Waals surface area contributed by atoms with Crippen LogP contribution in [0.25, 0.3) is 0 Å². The van der Waals surface area contributed by atoms with E-state index in [1.54, 1.807) is 17.0 Å². The fourth-order valence-corrected chi connectivity index (χ4v) is 3.39. The number of piperidine rings is 1. The maximum absolute atomic E-state index is 13.3. The average molecular weight is 315 g/mol. The van der Waals surface area contributed by atoms with Crippen LogP contribution in [0.2, 0.25) is 0 Å². The van der Waals surface area contributed by atoms with Gasteiger partial charge in [-0.05, 0) is 25.0 Å². The van der Waals surface area contributed by atoms with Crippen LogP contribution in [0.5, 0.6) is 5.75 Å². The minimum atomic E-state index is -3.05. The number of carbonyl (C=O) groups excluding carboxylic acids is 1. The number of hydrogen-bond acceptors (Lipinski definition) is 4. The van der Waals surface area contributed by atoms with Gasteiger partial charge in [-0.1, -0.05) is 12.1 Å². The molecule has 0 atom stereocenters. The number of amides is 1. The number of sulfone groups is 1. The maximum Gasteiger partial charge on any atom is 0.260 e. The van der Waals surface area contributed by atoms with Gasteiger partial charge in [0.15, 0.2) is 18.2 Å². The molecule has 1 aromatic rings. The van der Waals surface area contributed by atoms with Gasteiger partial charge in [-0.3, -0.25) is 4.79 Å². The van der Waals surface area contributed by atoms with Gasteiger partial charge < -0.3 is 9.64 Å². The lowest BCUT2D eigenvalue weighted by Gasteiger charge is -2.31. The van der Waals surface area contributed by atoms with Gasteiger partial charge in [-0.15, -0.1) is 0 Å². The summed E-state index contributed by atoms with van der Waals surface area (Å²) in [5.74, 6) is -0.733. The van der Waals surface area contributed by atoms with Crippen molar-refractivity contribution in [2.75, 3.05) is 26.0 Å². The van der Waals surface area contributed by atoms with Crippen molar-refractivity contribution in [2.45, 2.75) is 18.1 Å². The number of benzene rings is 1. The number of likely N-dealkylation sites (tertiary alicyclic amines) is 1. The average Bonchev–Trinajstić information content (AvgIpc) is 2.45. The minimum Gasteiger partial charge on any atom is -0.481 e. The van der Waals surface area contributed by atoms with Crippen LogP contribution in [0.1, 0.15) is 12.8 Å². The molecule has 116 valence electrons. The van der Waals surface area contributed by atoms with Gasteiger partial charge in [0.1, 0.15) is 9.84 Å². The Kier molecular flexibility index (Phi) is 4.82. The first kappa shape index (κ1) is 15.8. The topological polar surface area (TPSA) is 63.7 Å². The number of para-hydroxylation sites is 1. The summed E-state index contributed by atoms with van der Waals surface area (Å²) in [4.78, 5) is 13.5. The van der Waals surface area contributed by atoms with E-state index in [4.69, 9.17) is 4.74 Å². The van der Waals surface area contributed by atoms with E-state index in [0.29, 0.717) is 25.9 Å². The lowest BCUT2D eigenvalue weighted by molar-refractivity contribution is -0.134. The highest BCUT2D eigenvalue weighted by molar-refractivity contribution is 7.91. The minimum absolute atomic E-state index is 0.0388. The molecular formula is C14H18FNO4S. The van der Waals surface area contributed by atoms with E-state index >= 15 is 0 Å². The van der Waals surface area contributed by atoms with Gasteiger partial charge in [0.05, 0.1) is 5.25 Å². The SMILES string of the molecule is CS(=O)(=O)C1CCN(C(=O)COc2ccccc2F)CC1. The molecule has 1 saturated heterocycles. The number of nitrogens with zero attached hydrogens (tertiary/aromatic N) is 1. The summed E-state index contributed by atoms with van der Waals surface area (Å²) >= 11 is 0. The normalized spacial score (nSPS) is 16.8. The molecule has 1 aromatic carbocycles. The summed E-state index contributed by atoms with van der Waals surface area (Å²) in [7, 11) is -3.05. The van der Waals surface area contributed by atoms with E-state index in [0.717, 1.165) is 0 Å². The van der Waals surface area contributed by atoms with Crippen molar-refractivity contribution in [1.82, 2.24) is 4.90 Å². The van der Waals surface area contributed by atoms with E-state index in [2.05, 4.69) is 0 Å². The van der Waals surface area contributed by atoms with E-state index < -0.39 is 15.7 Å². The molecule has 21 heavy (non-hydrogen) atoms. The predicted molar refractivity (Wildman–Crippen MR) is 76.3 cm³/mol. The van der Waals surface area contributed by atoms with Gasteiger partial charge in [-0.25, -0.2) is 12.8 Å². The van der Waals surface area contributed by atoms with Crippen molar-refractivity contribution in [2.24, 2.45) is 0 Å². The van der Waals surface area contributed by atoms with Crippen LogP contribution in [0.15, 0.2) is 24.3 Å². The summed E-state index contributed by atoms with van der Waals surface area (Å²) in [6.07, 6.45) is 2.09. The Bertz CT molecular complexity index is 609. The van der Waals surface area contributed by atoms with Gasteiger partial charge in [0.25, 0.3) is 5.91 Å². The van der Waals surface area contributed by atoms with Crippen LogP contribution < -0.4 is 4.74 Å². The van der Waals surface area contributed by atoms with Crippen molar-refractivity contribution in [3.63, 3.8) is 0 Å². The van der Waals surface area contributed by atoms with Crippen LogP contribution in [-0.4, -0.2) is 50.4 Å². The quantitative estimate of drug-likeness (QED) is 0.838. The fraction of sp³-hybridized carbons (Fsp3) is 0.500. The molecule has 1 heterocycles. The molecule has 0 N–H and O–H groups in total. The molecule has 7 heteroatoms. The van der Waals surface area contributed by atoms with Gasteiger partial charge in [0, 0.05) is 19.3 Å². The molecule has 2 rings (SSSR count). The Balaban J connectivity index is 1.84. The number of rotatable bonds is 4. The lowest BCUT2D eigenvalue weighted by Crippen LogP contribution is -2.44. The molecule has 0 bridgehead atoms. The monoisotopic (exact) mass is 315 g/mol. The molecule has 1 amide bonds. The second-order valence-corrected chi connectivity index (χ2v) is 7.45. The third kappa shape index (κ3) is 4.17. The van der Waals surface area contributed by atoms with E-state index in [-0.39, 0.29) is 23.5 Å². The Morgan fingerprint density at radius 3 is 2.52 bits per heavy atom. The zero-order valence-electron chi connectivity index (χ0n) is 11.8. The Morgan fingerprint density at radius 1 is 1.33 bits per heavy atom. The Hall–Kier alpha value is -1.63. The van der Waals surface area contributed by atoms with E-state index in [9.17, 15) is 17.6 Å². The molecule has 0 saturated carbocycles. The van der Waals surface area contributed by atoms with E-state index in [1.807, 2.05) is 0 Å². The molecular weight excluding hydrogens is 297 g/mol. The number of halogens is 1. The number of carbonyl (C=O) groups is 1. The smallest absolute Gasteiger partial charge is 0.260 e. The number of hydrogen-bond donors (Lipinski definition) is 0. The van der Waals surface area contributed by atoms with Gasteiger partial charge >= 0.3 is 0 Å². The highest BCUT2D eigenvalue weighted by Gasteiger charge is 2.28. The van der Waals surface area contributed by atoms with Crippen LogP contribution in [0.4, 0.5) is 4.39 Å². The van der Waals surface area contributed by atoms with Crippen LogP contribution in [0, 0.1) is 5.82 Å². The maximum atomic E-state index is 13.3. The Labute approximate surface area is 123 Å². The van der Waals surface area contributed by atoms with E-state index in [1.165, 1.54) is 18.4 Å². The third-order valence-corrected chi connectivity index (χ3v) is 5.27. The summed E-state index contributed by atoms with van der Waals surface area (Å²) in [6, 6.07) is 5.89. The molecule has 1 aliphatic rings. The summed E-state index contributed by atoms with van der Waals surface area (Å²) < 4.78 is 41.4. The first-order chi connectivity index (χ1) is 9.88. The third-order valence-electron chi connectivity index (χ3n) is 3.59. The molecule has 1 fully saturated rings.